The number of benzene rings is 2. The monoisotopic (exact) mass is 692 g/mol. The highest BCUT2D eigenvalue weighted by molar-refractivity contribution is 8.01. The SMILES string of the molecule is Cc1nnc(Sc2cc(/C=N/O)nc3c2ccc2cccnc23)s1.O/N=C/c1cc(Sc2nncs2)c2ccc3cccnc3c2n1. The fourth-order valence-electron chi connectivity index (χ4n) is 4.76. The first kappa shape index (κ1) is 30.5. The van der Waals surface area contributed by atoms with Crippen LogP contribution < -0.4 is 0 Å². The molecule has 2 aromatic carbocycles. The molecule has 0 spiro atoms. The van der Waals surface area contributed by atoms with Crippen molar-refractivity contribution in [2.24, 2.45) is 10.3 Å². The molecule has 0 fully saturated rings. The van der Waals surface area contributed by atoms with Crippen molar-refractivity contribution in [3.8, 4) is 0 Å². The van der Waals surface area contributed by atoms with Crippen LogP contribution in [0.4, 0.5) is 0 Å². The minimum absolute atomic E-state index is 0.560. The first-order valence-corrected chi connectivity index (χ1v) is 17.1. The van der Waals surface area contributed by atoms with Crippen molar-refractivity contribution in [3.05, 3.63) is 95.0 Å². The van der Waals surface area contributed by atoms with Crippen LogP contribution in [0.2, 0.25) is 0 Å². The van der Waals surface area contributed by atoms with Gasteiger partial charge >= 0.3 is 0 Å². The molecule has 8 rings (SSSR count). The number of hydrogen-bond acceptors (Lipinski definition) is 16. The van der Waals surface area contributed by atoms with Crippen LogP contribution in [0.5, 0.6) is 0 Å². The van der Waals surface area contributed by atoms with E-state index >= 15 is 0 Å². The maximum atomic E-state index is 8.88. The topological polar surface area (TPSA) is 168 Å². The van der Waals surface area contributed by atoms with Gasteiger partial charge in [0, 0.05) is 43.7 Å². The van der Waals surface area contributed by atoms with Crippen LogP contribution in [0.1, 0.15) is 16.4 Å². The molecular formula is C31H20N10O2S4. The fourth-order valence-corrected chi connectivity index (χ4v) is 8.30. The lowest BCUT2D eigenvalue weighted by atomic mass is 10.1. The van der Waals surface area contributed by atoms with Crippen LogP contribution in [0.25, 0.3) is 43.6 Å². The zero-order valence-corrected chi connectivity index (χ0v) is 27.4. The molecule has 0 amide bonds. The summed E-state index contributed by atoms with van der Waals surface area (Å²) >= 11 is 6.03. The number of rotatable bonds is 6. The van der Waals surface area contributed by atoms with E-state index in [-0.39, 0.29) is 0 Å². The molecule has 8 aromatic rings. The van der Waals surface area contributed by atoms with E-state index in [1.807, 2.05) is 67.6 Å². The molecule has 0 atom stereocenters. The highest BCUT2D eigenvalue weighted by atomic mass is 32.2. The first-order valence-electron chi connectivity index (χ1n) is 13.7. The van der Waals surface area contributed by atoms with Crippen LogP contribution >= 0.6 is 46.2 Å². The van der Waals surface area contributed by atoms with Gasteiger partial charge in [-0.2, -0.15) is 0 Å². The van der Waals surface area contributed by atoms with Crippen molar-refractivity contribution in [1.82, 2.24) is 40.3 Å². The van der Waals surface area contributed by atoms with E-state index in [2.05, 4.69) is 50.6 Å². The second-order valence-electron chi connectivity index (χ2n) is 9.65. The van der Waals surface area contributed by atoms with Crippen molar-refractivity contribution < 1.29 is 10.4 Å². The maximum Gasteiger partial charge on any atom is 0.179 e. The van der Waals surface area contributed by atoms with E-state index in [1.165, 1.54) is 58.6 Å². The van der Waals surface area contributed by atoms with Crippen LogP contribution in [-0.2, 0) is 0 Å². The number of hydrogen-bond donors (Lipinski definition) is 2. The summed E-state index contributed by atoms with van der Waals surface area (Å²) in [6.45, 7) is 1.92. The van der Waals surface area contributed by atoms with E-state index in [9.17, 15) is 0 Å². The molecule has 2 N–H and O–H groups in total. The third kappa shape index (κ3) is 6.57. The van der Waals surface area contributed by atoms with Gasteiger partial charge in [0.05, 0.1) is 45.9 Å². The molecule has 0 unspecified atom stereocenters. The Hall–Kier alpha value is -5.16. The Labute approximate surface area is 282 Å². The van der Waals surface area contributed by atoms with Gasteiger partial charge in [0.2, 0.25) is 0 Å². The molecule has 0 saturated carbocycles. The van der Waals surface area contributed by atoms with E-state index < -0.39 is 0 Å². The van der Waals surface area contributed by atoms with Crippen molar-refractivity contribution in [2.45, 2.75) is 25.4 Å². The number of fused-ring (bicyclic) bond motifs is 6. The Morgan fingerprint density at radius 2 is 1.26 bits per heavy atom. The molecule has 6 aromatic heterocycles. The maximum absolute atomic E-state index is 8.88. The van der Waals surface area contributed by atoms with E-state index in [4.69, 9.17) is 10.4 Å². The lowest BCUT2D eigenvalue weighted by molar-refractivity contribution is 0.321. The van der Waals surface area contributed by atoms with Crippen LogP contribution in [0.15, 0.2) is 107 Å². The Bertz CT molecular complexity index is 2430. The summed E-state index contributed by atoms with van der Waals surface area (Å²) in [7, 11) is 0. The lowest BCUT2D eigenvalue weighted by Crippen LogP contribution is -1.93. The first-order chi connectivity index (χ1) is 23.1. The zero-order chi connectivity index (χ0) is 32.2. The molecule has 16 heteroatoms. The van der Waals surface area contributed by atoms with Crippen LogP contribution in [-0.4, -0.2) is 63.2 Å². The number of pyridine rings is 4. The smallest absolute Gasteiger partial charge is 0.179 e. The standard InChI is InChI=1S/C16H11N5OS2.C15H9N5OS2/c1-9-20-21-16(23-9)24-13-7-11(8-18-22)19-15-12(13)5-4-10-3-2-6-17-14(10)15;21-18-7-10-6-12(23-15-20-17-8-22-15)11-4-3-9-2-1-5-16-13(9)14(11)19-10/h2-8,22H,1H3;1-8,21H/b18-8+;18-7+. The summed E-state index contributed by atoms with van der Waals surface area (Å²) in [5, 5.41) is 45.0. The molecule has 0 bridgehead atoms. The van der Waals surface area contributed by atoms with Gasteiger partial charge in [-0.1, -0.05) is 92.9 Å². The normalized spacial score (nSPS) is 11.7. The molecular weight excluding hydrogens is 673 g/mol. The summed E-state index contributed by atoms with van der Waals surface area (Å²) in [5.74, 6) is 0. The van der Waals surface area contributed by atoms with Gasteiger partial charge < -0.3 is 10.4 Å². The minimum atomic E-state index is 0.560. The van der Waals surface area contributed by atoms with Crippen LogP contribution in [0, 0.1) is 6.92 Å². The number of oxime groups is 2. The molecule has 6 heterocycles. The Morgan fingerprint density at radius 3 is 1.74 bits per heavy atom. The molecule has 0 aliphatic carbocycles. The zero-order valence-electron chi connectivity index (χ0n) is 24.2. The quantitative estimate of drug-likeness (QED) is 0.0763. The van der Waals surface area contributed by atoms with Gasteiger partial charge in [0.1, 0.15) is 10.5 Å². The molecule has 0 saturated heterocycles. The molecule has 0 aliphatic heterocycles. The molecule has 47 heavy (non-hydrogen) atoms. The second kappa shape index (κ2) is 13.7. The van der Waals surface area contributed by atoms with E-state index in [1.54, 1.807) is 17.9 Å². The number of aromatic nitrogens is 8. The predicted octanol–water partition coefficient (Wildman–Crippen LogP) is 7.50. The highest BCUT2D eigenvalue weighted by Crippen LogP contribution is 2.37. The van der Waals surface area contributed by atoms with Crippen molar-refractivity contribution in [3.63, 3.8) is 0 Å². The van der Waals surface area contributed by atoms with Crippen molar-refractivity contribution >= 4 is 102 Å². The van der Waals surface area contributed by atoms with E-state index in [0.717, 1.165) is 67.1 Å². The lowest BCUT2D eigenvalue weighted by Gasteiger charge is -2.08. The van der Waals surface area contributed by atoms with Gasteiger partial charge in [-0.25, -0.2) is 9.97 Å². The van der Waals surface area contributed by atoms with Crippen LogP contribution in [0.3, 0.4) is 0 Å². The molecule has 12 nitrogen and oxygen atoms in total. The summed E-state index contributed by atoms with van der Waals surface area (Å²) in [4.78, 5) is 20.0. The summed E-state index contributed by atoms with van der Waals surface area (Å²) < 4.78 is 1.69. The number of aryl methyl sites for hydroxylation is 1. The second-order valence-corrected chi connectivity index (χ2v) is 14.2. The Kier molecular flexibility index (Phi) is 8.87. The predicted molar refractivity (Wildman–Crippen MR) is 186 cm³/mol. The summed E-state index contributed by atoms with van der Waals surface area (Å²) in [6.07, 6.45) is 6.12. The van der Waals surface area contributed by atoms with Gasteiger partial charge in [-0.05, 0) is 31.2 Å². The summed E-state index contributed by atoms with van der Waals surface area (Å²) in [5.41, 5.74) is 5.99. The largest absolute Gasteiger partial charge is 0.411 e. The average Bonchev–Trinajstić information content (AvgIpc) is 3.76. The minimum Gasteiger partial charge on any atom is -0.411 e. The van der Waals surface area contributed by atoms with Gasteiger partial charge in [-0.3, -0.25) is 9.97 Å². The number of nitrogens with zero attached hydrogens (tertiary/aromatic N) is 10. The van der Waals surface area contributed by atoms with Crippen molar-refractivity contribution in [2.75, 3.05) is 0 Å². The fraction of sp³-hybridized carbons (Fsp3) is 0.0323. The molecule has 0 radical (unpaired) electrons. The third-order valence-electron chi connectivity index (χ3n) is 6.69. The Morgan fingerprint density at radius 1 is 0.681 bits per heavy atom. The molecule has 0 aliphatic rings. The highest BCUT2D eigenvalue weighted by Gasteiger charge is 2.14. The third-order valence-corrected chi connectivity index (χ3v) is 10.5. The van der Waals surface area contributed by atoms with Gasteiger partial charge in [0.25, 0.3) is 0 Å². The van der Waals surface area contributed by atoms with Gasteiger partial charge in [-0.15, -0.1) is 20.4 Å². The van der Waals surface area contributed by atoms with E-state index in [0.29, 0.717) is 11.4 Å². The van der Waals surface area contributed by atoms with Crippen molar-refractivity contribution in [1.29, 1.82) is 0 Å². The summed E-state index contributed by atoms with van der Waals surface area (Å²) in [6, 6.07) is 19.6. The average molecular weight is 693 g/mol. The van der Waals surface area contributed by atoms with Gasteiger partial charge in [0.15, 0.2) is 8.68 Å². The Balaban J connectivity index is 0.000000150. The molecule has 230 valence electrons.